The molecule has 6 rings (SSSR count). The van der Waals surface area contributed by atoms with Gasteiger partial charge < -0.3 is 24.1 Å². The number of carbonyl (C=O) groups is 2. The maximum Gasteiger partial charge on any atom is 0.194 e. The SMILES string of the molecule is CCOC(C)OCCC/C(=C\[N@@+]1(C)CC[C@@]23c4c5ccc(OC)c4O[C@@H]2C(=O)CC[C@]3(O)[C@@H]1C5)C(=O)c1ccc(P)cc1. The molecule has 0 aromatic heterocycles. The van der Waals surface area contributed by atoms with Crippen molar-refractivity contribution >= 4 is 26.1 Å². The maximum absolute atomic E-state index is 14.0. The van der Waals surface area contributed by atoms with Gasteiger partial charge in [-0.15, -0.1) is 9.24 Å². The number of ketones is 2. The minimum absolute atomic E-state index is 0.0152. The van der Waals surface area contributed by atoms with E-state index in [4.69, 9.17) is 18.9 Å². The van der Waals surface area contributed by atoms with Crippen LogP contribution in [-0.2, 0) is 26.1 Å². The van der Waals surface area contributed by atoms with Gasteiger partial charge in [-0.3, -0.25) is 14.1 Å². The van der Waals surface area contributed by atoms with Crippen molar-refractivity contribution in [1.82, 2.24) is 0 Å². The molecule has 0 radical (unpaired) electrons. The molecule has 43 heavy (non-hydrogen) atoms. The molecular weight excluding hydrogens is 565 g/mol. The van der Waals surface area contributed by atoms with Crippen molar-refractivity contribution < 1.29 is 38.1 Å². The highest BCUT2D eigenvalue weighted by Gasteiger charge is 2.76. The molecule has 2 aromatic carbocycles. The number of benzene rings is 2. The number of Topliss-reactive ketones (excluding diaryl/α,β-unsaturated/α-hetero) is 2. The molecule has 2 unspecified atom stereocenters. The van der Waals surface area contributed by atoms with E-state index < -0.39 is 17.1 Å². The minimum Gasteiger partial charge on any atom is -0.493 e. The van der Waals surface area contributed by atoms with Gasteiger partial charge in [0.25, 0.3) is 0 Å². The molecule has 2 bridgehead atoms. The van der Waals surface area contributed by atoms with Crippen LogP contribution in [0.2, 0.25) is 0 Å². The Balaban J connectivity index is 1.39. The van der Waals surface area contributed by atoms with E-state index in [0.29, 0.717) is 79.0 Å². The van der Waals surface area contributed by atoms with E-state index in [2.05, 4.69) is 28.6 Å². The van der Waals surface area contributed by atoms with Crippen molar-refractivity contribution in [2.24, 2.45) is 0 Å². The van der Waals surface area contributed by atoms with Gasteiger partial charge in [0.2, 0.25) is 0 Å². The molecule has 2 fully saturated rings. The van der Waals surface area contributed by atoms with Crippen molar-refractivity contribution in [3.8, 4) is 11.5 Å². The van der Waals surface area contributed by atoms with E-state index in [-0.39, 0.29) is 30.3 Å². The van der Waals surface area contributed by atoms with Crippen LogP contribution in [0.1, 0.15) is 67.4 Å². The van der Waals surface area contributed by atoms with Gasteiger partial charge in [0, 0.05) is 37.0 Å². The molecule has 1 saturated heterocycles. The first-order chi connectivity index (χ1) is 20.6. The second-order valence-electron chi connectivity index (χ2n) is 12.6. The molecule has 4 aliphatic rings. The summed E-state index contributed by atoms with van der Waals surface area (Å²) < 4.78 is 23.8. The molecule has 2 aliphatic carbocycles. The summed E-state index contributed by atoms with van der Waals surface area (Å²) in [6.07, 6.45) is 4.06. The summed E-state index contributed by atoms with van der Waals surface area (Å²) in [5, 5.41) is 13.8. The Bertz CT molecular complexity index is 1460. The number of quaternary nitrogens is 1. The van der Waals surface area contributed by atoms with E-state index in [1.807, 2.05) is 44.2 Å². The molecule has 2 aromatic rings. The Labute approximate surface area is 256 Å². The largest absolute Gasteiger partial charge is 0.493 e. The van der Waals surface area contributed by atoms with Gasteiger partial charge in [0.1, 0.15) is 17.8 Å². The average Bonchev–Trinajstić information content (AvgIpc) is 3.35. The summed E-state index contributed by atoms with van der Waals surface area (Å²) in [6.45, 7) is 5.52. The summed E-state index contributed by atoms with van der Waals surface area (Å²) in [5.41, 5.74) is 1.38. The zero-order chi connectivity index (χ0) is 30.6. The molecule has 1 N–H and O–H groups in total. The maximum atomic E-state index is 14.0. The summed E-state index contributed by atoms with van der Waals surface area (Å²) in [4.78, 5) is 27.4. The molecule has 1 spiro atoms. The van der Waals surface area contributed by atoms with Crippen molar-refractivity contribution in [2.45, 2.75) is 81.8 Å². The molecule has 1 saturated carbocycles. The molecular formula is C34H43NO7P+. The van der Waals surface area contributed by atoms with Gasteiger partial charge in [-0.1, -0.05) is 30.3 Å². The monoisotopic (exact) mass is 608 g/mol. The summed E-state index contributed by atoms with van der Waals surface area (Å²) in [5.74, 6) is 1.23. The first kappa shape index (κ1) is 30.4. The second-order valence-corrected chi connectivity index (χ2v) is 13.3. The Kier molecular flexibility index (Phi) is 8.06. The van der Waals surface area contributed by atoms with Gasteiger partial charge in [-0.25, -0.2) is 0 Å². The molecule has 230 valence electrons. The number of nitrogens with zero attached hydrogens (tertiary/aromatic N) is 1. The Morgan fingerprint density at radius 2 is 1.98 bits per heavy atom. The molecule has 9 heteroatoms. The third-order valence-electron chi connectivity index (χ3n) is 10.3. The molecule has 2 aliphatic heterocycles. The number of likely N-dealkylation sites (tertiary alicyclic amines) is 1. The number of allylic oxidation sites excluding steroid dienone is 1. The first-order valence-electron chi connectivity index (χ1n) is 15.4. The topological polar surface area (TPSA) is 91.3 Å². The van der Waals surface area contributed by atoms with Crippen LogP contribution in [0.25, 0.3) is 0 Å². The standard InChI is InChI=1S/C34H43NO7P/c1-5-40-21(2)41-18-6-7-24(30(37)22-8-11-25(43)12-9-22)20-35(3)17-16-33-29-23-10-13-27(39-4)31(29)42-32(33)26(36)14-15-34(33,38)28(35)19-23/h8-13,20-21,28,32,38H,5-7,14-19,43H2,1-4H3/q+1/b24-20+/t21?,28-,32+,33+,34-,35+/m0/s1. The van der Waals surface area contributed by atoms with Crippen molar-refractivity contribution in [2.75, 3.05) is 33.9 Å². The predicted octanol–water partition coefficient (Wildman–Crippen LogP) is 4.01. The Morgan fingerprint density at radius 1 is 1.21 bits per heavy atom. The lowest BCUT2D eigenvalue weighted by atomic mass is 9.48. The zero-order valence-corrected chi connectivity index (χ0v) is 26.7. The fourth-order valence-corrected chi connectivity index (χ4v) is 8.48. The number of ether oxygens (including phenoxy) is 4. The van der Waals surface area contributed by atoms with Crippen LogP contribution in [0, 0.1) is 0 Å². The fraction of sp³-hybridized carbons (Fsp3) is 0.529. The third-order valence-corrected chi connectivity index (χ3v) is 10.7. The van der Waals surface area contributed by atoms with Gasteiger partial charge >= 0.3 is 0 Å². The zero-order valence-electron chi connectivity index (χ0n) is 25.6. The molecule has 0 amide bonds. The number of piperidine rings is 1. The van der Waals surface area contributed by atoms with E-state index in [1.165, 1.54) is 0 Å². The van der Waals surface area contributed by atoms with Crippen LogP contribution < -0.4 is 14.8 Å². The second kappa shape index (κ2) is 11.4. The first-order valence-corrected chi connectivity index (χ1v) is 16.0. The summed E-state index contributed by atoms with van der Waals surface area (Å²) >= 11 is 0. The van der Waals surface area contributed by atoms with Crippen LogP contribution in [0.5, 0.6) is 11.5 Å². The normalized spacial score (nSPS) is 31.3. The number of aliphatic hydroxyl groups is 1. The van der Waals surface area contributed by atoms with Gasteiger partial charge in [0.15, 0.2) is 35.5 Å². The highest BCUT2D eigenvalue weighted by atomic mass is 31.0. The molecule has 7 atom stereocenters. The lowest BCUT2D eigenvalue weighted by Gasteiger charge is -2.63. The highest BCUT2D eigenvalue weighted by molar-refractivity contribution is 7.27. The van der Waals surface area contributed by atoms with Crippen LogP contribution in [0.3, 0.4) is 0 Å². The van der Waals surface area contributed by atoms with Crippen LogP contribution in [0.4, 0.5) is 0 Å². The number of likely N-dealkylation sites (N-methyl/N-ethyl adjacent to an activating group) is 1. The number of rotatable bonds is 11. The van der Waals surface area contributed by atoms with E-state index in [0.717, 1.165) is 16.4 Å². The van der Waals surface area contributed by atoms with Crippen LogP contribution in [-0.4, -0.2) is 79.1 Å². The van der Waals surface area contributed by atoms with Crippen molar-refractivity contribution in [3.05, 3.63) is 64.9 Å². The third kappa shape index (κ3) is 4.77. The Morgan fingerprint density at radius 3 is 2.70 bits per heavy atom. The predicted molar refractivity (Wildman–Crippen MR) is 166 cm³/mol. The van der Waals surface area contributed by atoms with Crippen molar-refractivity contribution in [3.63, 3.8) is 0 Å². The molecule has 8 nitrogen and oxygen atoms in total. The van der Waals surface area contributed by atoms with Gasteiger partial charge in [-0.2, -0.15) is 0 Å². The van der Waals surface area contributed by atoms with Crippen LogP contribution in [0.15, 0.2) is 48.2 Å². The van der Waals surface area contributed by atoms with Gasteiger partial charge in [-0.05, 0) is 50.0 Å². The van der Waals surface area contributed by atoms with Crippen LogP contribution >= 0.6 is 9.24 Å². The molecule has 2 heterocycles. The highest BCUT2D eigenvalue weighted by Crippen LogP contribution is 2.65. The average molecular weight is 609 g/mol. The number of hydrogen-bond donors (Lipinski definition) is 1. The minimum atomic E-state index is -1.18. The van der Waals surface area contributed by atoms with Gasteiger partial charge in [0.05, 0.1) is 38.3 Å². The number of hydrogen-bond acceptors (Lipinski definition) is 7. The summed E-state index contributed by atoms with van der Waals surface area (Å²) in [6, 6.07) is 11.3. The lowest BCUT2D eigenvalue weighted by molar-refractivity contribution is -0.903. The van der Waals surface area contributed by atoms with E-state index in [9.17, 15) is 14.7 Å². The number of methoxy groups -OCH3 is 1. The fourth-order valence-electron chi connectivity index (χ4n) is 8.29. The quantitative estimate of drug-likeness (QED) is 0.103. The number of carbonyl (C=O) groups excluding carboxylic acids is 2. The Hall–Kier alpha value is -2.61. The smallest absolute Gasteiger partial charge is 0.194 e. The lowest BCUT2D eigenvalue weighted by Crippen LogP contribution is -2.79. The summed E-state index contributed by atoms with van der Waals surface area (Å²) in [7, 11) is 6.39. The van der Waals surface area contributed by atoms with E-state index in [1.54, 1.807) is 7.11 Å². The van der Waals surface area contributed by atoms with E-state index >= 15 is 0 Å². The van der Waals surface area contributed by atoms with Crippen molar-refractivity contribution in [1.29, 1.82) is 0 Å².